The van der Waals surface area contributed by atoms with Gasteiger partial charge in [-0.05, 0) is 47.5 Å². The molecule has 19 heavy (non-hydrogen) atoms. The summed E-state index contributed by atoms with van der Waals surface area (Å²) < 4.78 is 0. The summed E-state index contributed by atoms with van der Waals surface area (Å²) in [6.07, 6.45) is 0.933. The van der Waals surface area contributed by atoms with Crippen LogP contribution in [-0.2, 0) is 11.2 Å². The first-order valence-electron chi connectivity index (χ1n) is 6.02. The van der Waals surface area contributed by atoms with Crippen molar-refractivity contribution in [1.29, 1.82) is 0 Å². The predicted octanol–water partition coefficient (Wildman–Crippen LogP) is 3.17. The molecule has 1 heterocycles. The van der Waals surface area contributed by atoms with E-state index >= 15 is 0 Å². The van der Waals surface area contributed by atoms with Crippen LogP contribution in [0, 0.1) is 0 Å². The highest BCUT2D eigenvalue weighted by molar-refractivity contribution is 7.07. The van der Waals surface area contributed by atoms with Gasteiger partial charge in [-0.15, -0.1) is 0 Å². The van der Waals surface area contributed by atoms with Crippen molar-refractivity contribution < 1.29 is 4.79 Å². The summed E-state index contributed by atoms with van der Waals surface area (Å²) in [6, 6.07) is 9.30. The summed E-state index contributed by atoms with van der Waals surface area (Å²) in [7, 11) is 0. The van der Waals surface area contributed by atoms with Crippen molar-refractivity contribution in [1.82, 2.24) is 5.32 Å². The van der Waals surface area contributed by atoms with Gasteiger partial charge in [-0.2, -0.15) is 11.3 Å². The van der Waals surface area contributed by atoms with Crippen LogP contribution in [0.1, 0.15) is 5.56 Å². The van der Waals surface area contributed by atoms with Crippen LogP contribution in [0.2, 0.25) is 5.02 Å². The molecule has 0 bridgehead atoms. The number of carbonyl (C=O) groups is 1. The minimum Gasteiger partial charge on any atom is -0.324 e. The molecule has 2 aromatic rings. The van der Waals surface area contributed by atoms with Crippen LogP contribution in [0.5, 0.6) is 0 Å². The van der Waals surface area contributed by atoms with E-state index in [0.717, 1.165) is 13.0 Å². The van der Waals surface area contributed by atoms with Gasteiger partial charge < -0.3 is 10.6 Å². The van der Waals surface area contributed by atoms with Crippen LogP contribution in [0.15, 0.2) is 41.1 Å². The summed E-state index contributed by atoms with van der Waals surface area (Å²) in [5.74, 6) is -0.0848. The molecule has 0 aliphatic heterocycles. The summed E-state index contributed by atoms with van der Waals surface area (Å²) in [5, 5.41) is 10.6. The lowest BCUT2D eigenvalue weighted by molar-refractivity contribution is -0.115. The van der Waals surface area contributed by atoms with Crippen molar-refractivity contribution in [2.45, 2.75) is 6.42 Å². The van der Waals surface area contributed by atoms with Gasteiger partial charge in [-0.3, -0.25) is 4.79 Å². The topological polar surface area (TPSA) is 41.1 Å². The maximum Gasteiger partial charge on any atom is 0.238 e. The summed E-state index contributed by atoms with van der Waals surface area (Å²) in [6.45, 7) is 1.07. The maximum atomic E-state index is 11.7. The number of amides is 1. The number of anilines is 1. The molecule has 0 radical (unpaired) electrons. The Balaban J connectivity index is 1.69. The van der Waals surface area contributed by atoms with E-state index in [0.29, 0.717) is 10.7 Å². The zero-order valence-electron chi connectivity index (χ0n) is 10.4. The monoisotopic (exact) mass is 294 g/mol. The first-order valence-corrected chi connectivity index (χ1v) is 7.34. The Kier molecular flexibility index (Phi) is 5.39. The first kappa shape index (κ1) is 14.1. The molecule has 0 saturated heterocycles. The van der Waals surface area contributed by atoms with E-state index in [4.69, 9.17) is 11.6 Å². The van der Waals surface area contributed by atoms with E-state index in [1.165, 1.54) is 5.56 Å². The Bertz CT molecular complexity index is 528. The zero-order valence-corrected chi connectivity index (χ0v) is 11.9. The molecule has 0 fully saturated rings. The van der Waals surface area contributed by atoms with Crippen LogP contribution in [0.25, 0.3) is 0 Å². The van der Waals surface area contributed by atoms with Gasteiger partial charge in [0.15, 0.2) is 0 Å². The minimum atomic E-state index is -0.0848. The molecule has 0 aliphatic rings. The van der Waals surface area contributed by atoms with Crippen molar-refractivity contribution >= 4 is 34.5 Å². The van der Waals surface area contributed by atoms with E-state index in [9.17, 15) is 4.79 Å². The third-order valence-corrected chi connectivity index (χ3v) is 3.67. The van der Waals surface area contributed by atoms with Gasteiger partial charge in [0.1, 0.15) is 0 Å². The Morgan fingerprint density at radius 2 is 2.11 bits per heavy atom. The fourth-order valence-corrected chi connectivity index (χ4v) is 2.51. The van der Waals surface area contributed by atoms with Crippen LogP contribution in [0.3, 0.4) is 0 Å². The molecule has 1 amide bonds. The van der Waals surface area contributed by atoms with Crippen molar-refractivity contribution in [2.24, 2.45) is 0 Å². The van der Waals surface area contributed by atoms with Gasteiger partial charge >= 0.3 is 0 Å². The standard InChI is InChI=1S/C14H15ClN2OS/c15-12-3-1-2-4-13(12)17-14(18)9-16-7-5-11-6-8-19-10-11/h1-4,6,8,10,16H,5,7,9H2,(H,17,18). The molecule has 0 atom stereocenters. The van der Waals surface area contributed by atoms with Gasteiger partial charge in [0.2, 0.25) is 5.91 Å². The zero-order chi connectivity index (χ0) is 13.5. The van der Waals surface area contributed by atoms with Crippen molar-refractivity contribution in [2.75, 3.05) is 18.4 Å². The number of halogens is 1. The third kappa shape index (κ3) is 4.67. The Morgan fingerprint density at radius 1 is 1.26 bits per heavy atom. The van der Waals surface area contributed by atoms with E-state index in [1.807, 2.05) is 12.1 Å². The molecule has 0 spiro atoms. The van der Waals surface area contributed by atoms with Gasteiger partial charge in [-0.25, -0.2) is 0 Å². The maximum absolute atomic E-state index is 11.7. The van der Waals surface area contributed by atoms with Crippen LogP contribution in [0.4, 0.5) is 5.69 Å². The Labute approximate surface area is 121 Å². The van der Waals surface area contributed by atoms with E-state index in [2.05, 4.69) is 27.5 Å². The highest BCUT2D eigenvalue weighted by atomic mass is 35.5. The average Bonchev–Trinajstić information content (AvgIpc) is 2.91. The van der Waals surface area contributed by atoms with Crippen molar-refractivity contribution in [3.8, 4) is 0 Å². The fraction of sp³-hybridized carbons (Fsp3) is 0.214. The number of hydrogen-bond acceptors (Lipinski definition) is 3. The second-order valence-electron chi connectivity index (χ2n) is 4.09. The highest BCUT2D eigenvalue weighted by Gasteiger charge is 2.04. The SMILES string of the molecule is O=C(CNCCc1ccsc1)Nc1ccccc1Cl. The molecule has 2 N–H and O–H groups in total. The van der Waals surface area contributed by atoms with E-state index < -0.39 is 0 Å². The normalized spacial score (nSPS) is 10.4. The van der Waals surface area contributed by atoms with Crippen LogP contribution in [-0.4, -0.2) is 19.0 Å². The van der Waals surface area contributed by atoms with Gasteiger partial charge in [0, 0.05) is 0 Å². The summed E-state index contributed by atoms with van der Waals surface area (Å²) in [4.78, 5) is 11.7. The second-order valence-corrected chi connectivity index (χ2v) is 5.27. The average molecular weight is 295 g/mol. The number of para-hydroxylation sites is 1. The lowest BCUT2D eigenvalue weighted by Gasteiger charge is -2.07. The number of hydrogen-bond donors (Lipinski definition) is 2. The molecular formula is C14H15ClN2OS. The van der Waals surface area contributed by atoms with Crippen LogP contribution >= 0.6 is 22.9 Å². The highest BCUT2D eigenvalue weighted by Crippen LogP contribution is 2.19. The minimum absolute atomic E-state index is 0.0848. The molecule has 0 saturated carbocycles. The molecule has 0 aliphatic carbocycles. The lowest BCUT2D eigenvalue weighted by Crippen LogP contribution is -2.29. The molecule has 1 aromatic heterocycles. The first-order chi connectivity index (χ1) is 9.25. The van der Waals surface area contributed by atoms with Gasteiger partial charge in [-0.1, -0.05) is 23.7 Å². The quantitative estimate of drug-likeness (QED) is 0.804. The lowest BCUT2D eigenvalue weighted by atomic mass is 10.2. The third-order valence-electron chi connectivity index (χ3n) is 2.60. The molecule has 5 heteroatoms. The molecule has 100 valence electrons. The van der Waals surface area contributed by atoms with Crippen molar-refractivity contribution in [3.05, 3.63) is 51.7 Å². The molecular weight excluding hydrogens is 280 g/mol. The number of rotatable bonds is 6. The summed E-state index contributed by atoms with van der Waals surface area (Å²) in [5.41, 5.74) is 1.94. The Morgan fingerprint density at radius 3 is 2.84 bits per heavy atom. The fourth-order valence-electron chi connectivity index (χ4n) is 1.63. The number of benzene rings is 1. The molecule has 2 rings (SSSR count). The van der Waals surface area contributed by atoms with Gasteiger partial charge in [0.25, 0.3) is 0 Å². The summed E-state index contributed by atoms with van der Waals surface area (Å²) >= 11 is 7.65. The number of carbonyl (C=O) groups excluding carboxylic acids is 1. The number of nitrogens with one attached hydrogen (secondary N) is 2. The molecule has 3 nitrogen and oxygen atoms in total. The molecule has 1 aromatic carbocycles. The number of thiophene rings is 1. The Hall–Kier alpha value is -1.36. The van der Waals surface area contributed by atoms with Crippen molar-refractivity contribution in [3.63, 3.8) is 0 Å². The molecule has 0 unspecified atom stereocenters. The largest absolute Gasteiger partial charge is 0.324 e. The van der Waals surface area contributed by atoms with E-state index in [-0.39, 0.29) is 12.5 Å². The predicted molar refractivity (Wildman–Crippen MR) is 81.0 cm³/mol. The van der Waals surface area contributed by atoms with Gasteiger partial charge in [0.05, 0.1) is 17.3 Å². The smallest absolute Gasteiger partial charge is 0.238 e. The van der Waals surface area contributed by atoms with Crippen LogP contribution < -0.4 is 10.6 Å². The van der Waals surface area contributed by atoms with E-state index in [1.54, 1.807) is 23.5 Å². The second kappa shape index (κ2) is 7.28.